The Morgan fingerprint density at radius 2 is 1.88 bits per heavy atom. The highest BCUT2D eigenvalue weighted by molar-refractivity contribution is 6.33. The fourth-order valence-electron chi connectivity index (χ4n) is 3.88. The van der Waals surface area contributed by atoms with E-state index in [1.165, 1.54) is 18.2 Å². The van der Waals surface area contributed by atoms with E-state index in [1.54, 1.807) is 25.1 Å². The first-order valence-electron chi connectivity index (χ1n) is 10.7. The van der Waals surface area contributed by atoms with E-state index < -0.39 is 23.1 Å². The van der Waals surface area contributed by atoms with Crippen LogP contribution in [0.3, 0.4) is 0 Å². The van der Waals surface area contributed by atoms with Gasteiger partial charge in [-0.1, -0.05) is 24.6 Å². The molecule has 0 unspecified atom stereocenters. The molecule has 3 aromatic rings. The summed E-state index contributed by atoms with van der Waals surface area (Å²) in [5.74, 6) is -1.02. The topological polar surface area (TPSA) is 75.7 Å². The van der Waals surface area contributed by atoms with E-state index in [0.29, 0.717) is 28.7 Å². The standard InChI is InChI=1S/C24H20ClF4N3O2/c1-2-14-12-15(5-7-18(14)26)20-30-21(32-22(34)31-20)16-11-13(3-6-17(16)25)4-8-19(33)23(9-10-23)24(27,28)29/h3,5-7,11-12H,2,4,8-10H2,1H3,(H,30,31,32,34). The third-order valence-electron chi connectivity index (χ3n) is 6.09. The van der Waals surface area contributed by atoms with Gasteiger partial charge >= 0.3 is 11.9 Å². The van der Waals surface area contributed by atoms with Gasteiger partial charge < -0.3 is 0 Å². The Morgan fingerprint density at radius 1 is 1.15 bits per heavy atom. The zero-order chi connectivity index (χ0) is 24.7. The number of Topliss-reactive ketones (excluding diaryl/α,β-unsaturated/α-hetero) is 1. The summed E-state index contributed by atoms with van der Waals surface area (Å²) in [7, 11) is 0. The maximum atomic E-state index is 13.9. The molecular weight excluding hydrogens is 474 g/mol. The van der Waals surface area contributed by atoms with Crippen LogP contribution < -0.4 is 5.69 Å². The highest BCUT2D eigenvalue weighted by Gasteiger charge is 2.67. The molecule has 1 fully saturated rings. The molecule has 1 aliphatic carbocycles. The van der Waals surface area contributed by atoms with Gasteiger partial charge in [0.2, 0.25) is 0 Å². The maximum Gasteiger partial charge on any atom is 0.401 e. The molecule has 0 atom stereocenters. The molecule has 0 spiro atoms. The van der Waals surface area contributed by atoms with Crippen LogP contribution in [0.15, 0.2) is 41.2 Å². The van der Waals surface area contributed by atoms with E-state index in [9.17, 15) is 27.2 Å². The summed E-state index contributed by atoms with van der Waals surface area (Å²) in [6.45, 7) is 1.79. The van der Waals surface area contributed by atoms with Gasteiger partial charge in [0.05, 0.1) is 5.02 Å². The SMILES string of the molecule is CCc1cc(-c2nc(-c3cc(CCC(=O)C4(C(F)(F)F)CC4)ccc3Cl)[nH]c(=O)n2)ccc1F. The quantitative estimate of drug-likeness (QED) is 0.428. The van der Waals surface area contributed by atoms with E-state index in [2.05, 4.69) is 15.0 Å². The Hall–Kier alpha value is -3.07. The van der Waals surface area contributed by atoms with Gasteiger partial charge in [-0.15, -0.1) is 0 Å². The lowest BCUT2D eigenvalue weighted by Crippen LogP contribution is -2.32. The smallest absolute Gasteiger partial charge is 0.299 e. The molecule has 0 aliphatic heterocycles. The number of benzene rings is 2. The number of aryl methyl sites for hydroxylation is 2. The summed E-state index contributed by atoms with van der Waals surface area (Å²) in [6, 6.07) is 9.01. The molecule has 34 heavy (non-hydrogen) atoms. The number of aromatic nitrogens is 3. The zero-order valence-electron chi connectivity index (χ0n) is 18.1. The van der Waals surface area contributed by atoms with Gasteiger partial charge in [-0.3, -0.25) is 9.78 Å². The average molecular weight is 494 g/mol. The summed E-state index contributed by atoms with van der Waals surface area (Å²) in [4.78, 5) is 35.2. The second-order valence-corrected chi connectivity index (χ2v) is 8.71. The first-order valence-corrected chi connectivity index (χ1v) is 11.1. The Kier molecular flexibility index (Phi) is 6.33. The number of alkyl halides is 3. The Morgan fingerprint density at radius 3 is 2.53 bits per heavy atom. The van der Waals surface area contributed by atoms with Gasteiger partial charge in [0.1, 0.15) is 22.8 Å². The van der Waals surface area contributed by atoms with Crippen LogP contribution >= 0.6 is 11.6 Å². The van der Waals surface area contributed by atoms with Crippen LogP contribution in [-0.2, 0) is 17.6 Å². The van der Waals surface area contributed by atoms with Crippen LogP contribution in [0.4, 0.5) is 17.6 Å². The molecule has 0 radical (unpaired) electrons. The number of H-pyrrole nitrogens is 1. The number of carbonyl (C=O) groups is 1. The Balaban J connectivity index is 1.62. The van der Waals surface area contributed by atoms with E-state index in [-0.39, 0.29) is 48.2 Å². The molecule has 1 saturated carbocycles. The first kappa shape index (κ1) is 24.1. The predicted octanol–water partition coefficient (Wildman–Crippen LogP) is 5.70. The summed E-state index contributed by atoms with van der Waals surface area (Å²) < 4.78 is 53.4. The van der Waals surface area contributed by atoms with Crippen molar-refractivity contribution < 1.29 is 22.4 Å². The van der Waals surface area contributed by atoms with Crippen LogP contribution in [0.2, 0.25) is 5.02 Å². The molecule has 1 N–H and O–H groups in total. The summed E-state index contributed by atoms with van der Waals surface area (Å²) in [6.07, 6.45) is -4.62. The molecule has 10 heteroatoms. The van der Waals surface area contributed by atoms with Crippen LogP contribution in [0.25, 0.3) is 22.8 Å². The van der Waals surface area contributed by atoms with Crippen molar-refractivity contribution in [3.8, 4) is 22.8 Å². The predicted molar refractivity (Wildman–Crippen MR) is 119 cm³/mol. The van der Waals surface area contributed by atoms with Crippen molar-refractivity contribution in [2.45, 2.75) is 45.2 Å². The number of hydrogen-bond donors (Lipinski definition) is 1. The van der Waals surface area contributed by atoms with E-state index in [4.69, 9.17) is 11.6 Å². The number of hydrogen-bond acceptors (Lipinski definition) is 4. The van der Waals surface area contributed by atoms with Gasteiger partial charge in [-0.2, -0.15) is 18.2 Å². The van der Waals surface area contributed by atoms with Crippen LogP contribution in [-0.4, -0.2) is 26.9 Å². The number of halogens is 5. The maximum absolute atomic E-state index is 13.9. The Bertz CT molecular complexity index is 1320. The number of nitrogens with zero attached hydrogens (tertiary/aromatic N) is 2. The molecule has 0 amide bonds. The minimum absolute atomic E-state index is 0.0750. The fraction of sp³-hybridized carbons (Fsp3) is 0.333. The summed E-state index contributed by atoms with van der Waals surface area (Å²) in [5.41, 5.74) is -1.10. The van der Waals surface area contributed by atoms with Crippen molar-refractivity contribution in [3.05, 3.63) is 68.8 Å². The van der Waals surface area contributed by atoms with E-state index in [0.717, 1.165) is 0 Å². The second-order valence-electron chi connectivity index (χ2n) is 8.30. The average Bonchev–Trinajstić information content (AvgIpc) is 3.60. The third-order valence-corrected chi connectivity index (χ3v) is 6.42. The van der Waals surface area contributed by atoms with Crippen LogP contribution in [0, 0.1) is 11.2 Å². The van der Waals surface area contributed by atoms with Gasteiger partial charge in [0.25, 0.3) is 0 Å². The summed E-state index contributed by atoms with van der Waals surface area (Å²) in [5, 5.41) is 0.248. The van der Waals surface area contributed by atoms with Crippen molar-refractivity contribution in [2.75, 3.05) is 0 Å². The molecule has 5 nitrogen and oxygen atoms in total. The van der Waals surface area contributed by atoms with Crippen molar-refractivity contribution in [1.29, 1.82) is 0 Å². The highest BCUT2D eigenvalue weighted by atomic mass is 35.5. The highest BCUT2D eigenvalue weighted by Crippen LogP contribution is 2.58. The van der Waals surface area contributed by atoms with Gasteiger partial charge in [-0.25, -0.2) is 14.2 Å². The van der Waals surface area contributed by atoms with Gasteiger partial charge in [0, 0.05) is 17.5 Å². The minimum atomic E-state index is -4.54. The zero-order valence-corrected chi connectivity index (χ0v) is 18.9. The minimum Gasteiger partial charge on any atom is -0.299 e. The lowest BCUT2D eigenvalue weighted by atomic mass is 9.94. The number of aromatic amines is 1. The van der Waals surface area contributed by atoms with Crippen molar-refractivity contribution in [3.63, 3.8) is 0 Å². The molecular formula is C24H20ClF4N3O2. The molecule has 1 aliphatic rings. The molecule has 2 aromatic carbocycles. The monoisotopic (exact) mass is 493 g/mol. The molecule has 0 saturated heterocycles. The van der Waals surface area contributed by atoms with Crippen molar-refractivity contribution in [1.82, 2.24) is 15.0 Å². The van der Waals surface area contributed by atoms with Crippen molar-refractivity contribution in [2.24, 2.45) is 5.41 Å². The molecule has 1 aromatic heterocycles. The molecule has 4 rings (SSSR count). The number of ketones is 1. The fourth-order valence-corrected chi connectivity index (χ4v) is 4.08. The number of rotatable bonds is 7. The van der Waals surface area contributed by atoms with E-state index in [1.807, 2.05) is 0 Å². The third kappa shape index (κ3) is 4.61. The van der Waals surface area contributed by atoms with Gasteiger partial charge in [0.15, 0.2) is 5.82 Å². The molecule has 178 valence electrons. The van der Waals surface area contributed by atoms with Crippen molar-refractivity contribution >= 4 is 17.4 Å². The lowest BCUT2D eigenvalue weighted by Gasteiger charge is -2.17. The summed E-state index contributed by atoms with van der Waals surface area (Å²) >= 11 is 6.31. The lowest BCUT2D eigenvalue weighted by molar-refractivity contribution is -0.190. The second kappa shape index (κ2) is 8.94. The van der Waals surface area contributed by atoms with Crippen LogP contribution in [0.1, 0.15) is 37.3 Å². The first-order chi connectivity index (χ1) is 16.0. The van der Waals surface area contributed by atoms with E-state index >= 15 is 0 Å². The van der Waals surface area contributed by atoms with Gasteiger partial charge in [-0.05, 0) is 67.1 Å². The number of carbonyl (C=O) groups excluding carboxylic acids is 1. The Labute approximate surface area is 197 Å². The molecule has 1 heterocycles. The largest absolute Gasteiger partial charge is 0.401 e. The number of nitrogens with one attached hydrogen (secondary N) is 1. The van der Waals surface area contributed by atoms with Crippen LogP contribution in [0.5, 0.6) is 0 Å². The normalized spacial score (nSPS) is 14.8. The molecule has 0 bridgehead atoms.